The minimum Gasteiger partial charge on any atom is -0.310 e. The molecule has 0 heterocycles. The van der Waals surface area contributed by atoms with E-state index >= 15 is 0 Å². The molecule has 2 heteroatoms. The van der Waals surface area contributed by atoms with Crippen LogP contribution in [0.1, 0.15) is 38.5 Å². The smallest absolute Gasteiger partial charge is 0.0243 e. The maximum absolute atomic E-state index is 3.78. The molecule has 2 saturated carbocycles. The first-order chi connectivity index (χ1) is 6.27. The third-order valence-corrected chi connectivity index (χ3v) is 3.42. The van der Waals surface area contributed by atoms with Gasteiger partial charge in [0.15, 0.2) is 0 Å². The summed E-state index contributed by atoms with van der Waals surface area (Å²) in [4.78, 5) is 2.40. The Hall–Kier alpha value is -0.0800. The average Bonchev–Trinajstić information content (AvgIpc) is 2.89. The molecule has 2 nitrogen and oxygen atoms in total. The van der Waals surface area contributed by atoms with Crippen molar-refractivity contribution in [1.29, 1.82) is 0 Å². The molecule has 0 aromatic carbocycles. The first kappa shape index (κ1) is 9.47. The van der Waals surface area contributed by atoms with Crippen molar-refractivity contribution >= 4 is 0 Å². The lowest BCUT2D eigenvalue weighted by molar-refractivity contribution is 0.176. The van der Waals surface area contributed by atoms with Crippen molar-refractivity contribution < 1.29 is 0 Å². The highest BCUT2D eigenvalue weighted by Gasteiger charge is 2.31. The van der Waals surface area contributed by atoms with E-state index in [1.807, 2.05) is 0 Å². The van der Waals surface area contributed by atoms with Crippen molar-refractivity contribution in [1.82, 2.24) is 10.2 Å². The van der Waals surface area contributed by atoms with Gasteiger partial charge >= 0.3 is 0 Å². The third-order valence-electron chi connectivity index (χ3n) is 3.42. The first-order valence-corrected chi connectivity index (χ1v) is 5.70. The van der Waals surface area contributed by atoms with Crippen LogP contribution in [0.2, 0.25) is 0 Å². The molecule has 0 radical (unpaired) electrons. The summed E-state index contributed by atoms with van der Waals surface area (Å²) in [7, 11) is 4.44. The first-order valence-electron chi connectivity index (χ1n) is 5.70. The Bertz CT molecular complexity index is 163. The van der Waals surface area contributed by atoms with E-state index in [0.29, 0.717) is 0 Å². The molecule has 13 heavy (non-hydrogen) atoms. The van der Waals surface area contributed by atoms with Gasteiger partial charge in [0.1, 0.15) is 0 Å². The van der Waals surface area contributed by atoms with Gasteiger partial charge in [-0.2, -0.15) is 0 Å². The van der Waals surface area contributed by atoms with Gasteiger partial charge in [-0.05, 0) is 39.8 Å². The Morgan fingerprint density at radius 3 is 2.31 bits per heavy atom. The lowest BCUT2D eigenvalue weighted by Crippen LogP contribution is -2.49. The molecule has 0 aliphatic heterocycles. The van der Waals surface area contributed by atoms with E-state index in [1.165, 1.54) is 38.5 Å². The maximum atomic E-state index is 3.78. The number of rotatable bonds is 3. The molecule has 2 atom stereocenters. The van der Waals surface area contributed by atoms with Gasteiger partial charge in [0.05, 0.1) is 0 Å². The van der Waals surface area contributed by atoms with Crippen LogP contribution in [0.3, 0.4) is 0 Å². The zero-order valence-corrected chi connectivity index (χ0v) is 8.92. The van der Waals surface area contributed by atoms with Crippen LogP contribution in [0.4, 0.5) is 0 Å². The Morgan fingerprint density at radius 1 is 1.00 bits per heavy atom. The highest BCUT2D eigenvalue weighted by molar-refractivity contribution is 4.92. The number of likely N-dealkylation sites (N-methyl/N-ethyl adjacent to an activating group) is 1. The van der Waals surface area contributed by atoms with Gasteiger partial charge in [-0.25, -0.2) is 0 Å². The summed E-state index contributed by atoms with van der Waals surface area (Å²) >= 11 is 0. The Labute approximate surface area is 81.7 Å². The van der Waals surface area contributed by atoms with Crippen molar-refractivity contribution in [3.05, 3.63) is 0 Å². The van der Waals surface area contributed by atoms with E-state index < -0.39 is 0 Å². The minimum atomic E-state index is 0.774. The van der Waals surface area contributed by atoms with Crippen LogP contribution < -0.4 is 5.32 Å². The van der Waals surface area contributed by atoms with Crippen LogP contribution in [0.5, 0.6) is 0 Å². The summed E-state index contributed by atoms with van der Waals surface area (Å²) in [6, 6.07) is 2.43. The molecule has 2 fully saturated rings. The highest BCUT2D eigenvalue weighted by atomic mass is 15.2. The largest absolute Gasteiger partial charge is 0.310 e. The van der Waals surface area contributed by atoms with Crippen molar-refractivity contribution in [2.45, 2.75) is 56.7 Å². The van der Waals surface area contributed by atoms with Crippen LogP contribution in [0.25, 0.3) is 0 Å². The molecule has 2 aliphatic carbocycles. The van der Waals surface area contributed by atoms with Crippen LogP contribution in [0.15, 0.2) is 0 Å². The molecule has 76 valence electrons. The van der Waals surface area contributed by atoms with E-state index in [2.05, 4.69) is 24.3 Å². The van der Waals surface area contributed by atoms with Gasteiger partial charge in [0.2, 0.25) is 0 Å². The molecule has 2 rings (SSSR count). The number of hydrogen-bond acceptors (Lipinski definition) is 2. The second-order valence-corrected chi connectivity index (χ2v) is 4.86. The molecule has 0 amide bonds. The zero-order chi connectivity index (χ0) is 9.26. The SMILES string of the molecule is CN(C)C1CCCCC1NC1CC1. The zero-order valence-electron chi connectivity index (χ0n) is 8.92. The van der Waals surface area contributed by atoms with Crippen molar-refractivity contribution in [2.24, 2.45) is 0 Å². The predicted molar refractivity (Wildman–Crippen MR) is 55.9 cm³/mol. The van der Waals surface area contributed by atoms with Gasteiger partial charge in [0.25, 0.3) is 0 Å². The van der Waals surface area contributed by atoms with Gasteiger partial charge < -0.3 is 10.2 Å². The molecular formula is C11H22N2. The molecule has 0 saturated heterocycles. The second kappa shape index (κ2) is 3.97. The van der Waals surface area contributed by atoms with E-state index in [9.17, 15) is 0 Å². The van der Waals surface area contributed by atoms with Crippen molar-refractivity contribution in [2.75, 3.05) is 14.1 Å². The van der Waals surface area contributed by atoms with Crippen LogP contribution in [-0.2, 0) is 0 Å². The lowest BCUT2D eigenvalue weighted by Gasteiger charge is -2.36. The fourth-order valence-corrected chi connectivity index (χ4v) is 2.48. The fraction of sp³-hybridized carbons (Fsp3) is 1.00. The molecule has 0 aromatic heterocycles. The topological polar surface area (TPSA) is 15.3 Å². The van der Waals surface area contributed by atoms with E-state index in [1.54, 1.807) is 0 Å². The predicted octanol–water partition coefficient (Wildman–Crippen LogP) is 1.61. The third kappa shape index (κ3) is 2.44. The Morgan fingerprint density at radius 2 is 1.69 bits per heavy atom. The summed E-state index contributed by atoms with van der Waals surface area (Å²) in [5.74, 6) is 0. The fourth-order valence-electron chi connectivity index (χ4n) is 2.48. The average molecular weight is 182 g/mol. The maximum Gasteiger partial charge on any atom is 0.0243 e. The van der Waals surface area contributed by atoms with Crippen LogP contribution in [-0.4, -0.2) is 37.1 Å². The quantitative estimate of drug-likeness (QED) is 0.713. The van der Waals surface area contributed by atoms with Gasteiger partial charge in [-0.15, -0.1) is 0 Å². The molecule has 0 aromatic rings. The summed E-state index contributed by atoms with van der Waals surface area (Å²) in [5.41, 5.74) is 0. The molecular weight excluding hydrogens is 160 g/mol. The highest BCUT2D eigenvalue weighted by Crippen LogP contribution is 2.26. The molecule has 0 bridgehead atoms. The van der Waals surface area contributed by atoms with Gasteiger partial charge in [-0.3, -0.25) is 0 Å². The number of nitrogens with one attached hydrogen (secondary N) is 1. The lowest BCUT2D eigenvalue weighted by atomic mass is 9.89. The Kier molecular flexibility index (Phi) is 2.89. The van der Waals surface area contributed by atoms with Crippen LogP contribution >= 0.6 is 0 Å². The van der Waals surface area contributed by atoms with E-state index in [4.69, 9.17) is 0 Å². The molecule has 1 N–H and O–H groups in total. The second-order valence-electron chi connectivity index (χ2n) is 4.86. The summed E-state index contributed by atoms with van der Waals surface area (Å²) in [6.45, 7) is 0. The summed E-state index contributed by atoms with van der Waals surface area (Å²) in [6.07, 6.45) is 8.45. The summed E-state index contributed by atoms with van der Waals surface area (Å²) < 4.78 is 0. The monoisotopic (exact) mass is 182 g/mol. The molecule has 2 aliphatic rings. The normalized spacial score (nSPS) is 35.3. The van der Waals surface area contributed by atoms with Gasteiger partial charge in [0, 0.05) is 18.1 Å². The van der Waals surface area contributed by atoms with Crippen LogP contribution in [0, 0.1) is 0 Å². The standard InChI is InChI=1S/C11H22N2/c1-13(2)11-6-4-3-5-10(11)12-9-7-8-9/h9-12H,3-8H2,1-2H3. The van der Waals surface area contributed by atoms with Crippen molar-refractivity contribution in [3.8, 4) is 0 Å². The van der Waals surface area contributed by atoms with E-state index in [0.717, 1.165) is 18.1 Å². The summed E-state index contributed by atoms with van der Waals surface area (Å²) in [5, 5.41) is 3.78. The molecule has 0 spiro atoms. The number of nitrogens with zero attached hydrogens (tertiary/aromatic N) is 1. The Balaban J connectivity index is 1.87. The number of hydrogen-bond donors (Lipinski definition) is 1. The molecule has 2 unspecified atom stereocenters. The van der Waals surface area contributed by atoms with Gasteiger partial charge in [-0.1, -0.05) is 12.8 Å². The van der Waals surface area contributed by atoms with Crippen molar-refractivity contribution in [3.63, 3.8) is 0 Å². The van der Waals surface area contributed by atoms with E-state index in [-0.39, 0.29) is 0 Å². The minimum absolute atomic E-state index is 0.774.